The van der Waals surface area contributed by atoms with Crippen LogP contribution in [0, 0.1) is 23.0 Å². The van der Waals surface area contributed by atoms with E-state index in [1.165, 1.54) is 6.07 Å². The number of benzene rings is 1. The Morgan fingerprint density at radius 2 is 2.12 bits per heavy atom. The third-order valence-corrected chi connectivity index (χ3v) is 2.67. The lowest BCUT2D eigenvalue weighted by molar-refractivity contribution is 0.147. The molecule has 0 aromatic heterocycles. The highest BCUT2D eigenvalue weighted by Crippen LogP contribution is 2.25. The first kappa shape index (κ1) is 13.6. The lowest BCUT2D eigenvalue weighted by Crippen LogP contribution is -2.18. The number of halogens is 2. The Morgan fingerprint density at radius 1 is 1.41 bits per heavy atom. The van der Waals surface area contributed by atoms with E-state index in [-0.39, 0.29) is 5.56 Å². The van der Waals surface area contributed by atoms with Gasteiger partial charge in [0.25, 0.3) is 0 Å². The molecule has 2 nitrogen and oxygen atoms in total. The van der Waals surface area contributed by atoms with E-state index in [0.29, 0.717) is 6.42 Å². The van der Waals surface area contributed by atoms with Gasteiger partial charge in [-0.15, -0.1) is 0 Å². The molecule has 0 spiro atoms. The van der Waals surface area contributed by atoms with Gasteiger partial charge in [0.2, 0.25) is 0 Å². The van der Waals surface area contributed by atoms with E-state index in [2.05, 4.69) is 0 Å². The van der Waals surface area contributed by atoms with Crippen LogP contribution < -0.4 is 0 Å². The third-order valence-electron chi connectivity index (χ3n) is 2.67. The number of aliphatic hydroxyl groups is 1. The second kappa shape index (κ2) is 6.31. The molecule has 0 aliphatic rings. The number of rotatable bonds is 5. The van der Waals surface area contributed by atoms with Gasteiger partial charge in [-0.25, -0.2) is 8.78 Å². The second-order valence-corrected chi connectivity index (χ2v) is 3.98. The first-order chi connectivity index (χ1) is 8.10. The highest BCUT2D eigenvalue weighted by molar-refractivity contribution is 5.28. The summed E-state index contributed by atoms with van der Waals surface area (Å²) in [6, 6.07) is 4.91. The van der Waals surface area contributed by atoms with E-state index in [0.717, 1.165) is 25.0 Å². The zero-order valence-electron chi connectivity index (χ0n) is 9.66. The van der Waals surface area contributed by atoms with Crippen LogP contribution in [0.15, 0.2) is 18.2 Å². The molecule has 0 aliphatic heterocycles. The number of hydrogen-bond donors (Lipinski definition) is 1. The van der Waals surface area contributed by atoms with Gasteiger partial charge in [-0.3, -0.25) is 0 Å². The van der Waals surface area contributed by atoms with Gasteiger partial charge in [0, 0.05) is 11.6 Å². The monoisotopic (exact) mass is 239 g/mol. The minimum atomic E-state index is -0.942. The van der Waals surface area contributed by atoms with Crippen LogP contribution >= 0.6 is 0 Å². The van der Waals surface area contributed by atoms with Crippen LogP contribution in [0.3, 0.4) is 0 Å². The normalized spacial score (nSPS) is 14.1. The topological polar surface area (TPSA) is 44.0 Å². The highest BCUT2D eigenvalue weighted by Gasteiger charge is 2.23. The molecule has 0 fully saturated rings. The Hall–Kier alpha value is -1.47. The minimum Gasteiger partial charge on any atom is -0.391 e. The molecule has 2 atom stereocenters. The molecule has 0 saturated heterocycles. The van der Waals surface area contributed by atoms with Gasteiger partial charge in [-0.1, -0.05) is 25.8 Å². The summed E-state index contributed by atoms with van der Waals surface area (Å²) in [5.74, 6) is -2.42. The standard InChI is InChI=1S/C13H15F2NO/c1-2-3-4-13(17)11(8-16)10-6-5-9(14)7-12(10)15/h5-7,11,13,17H,2-4H2,1H3. The van der Waals surface area contributed by atoms with Gasteiger partial charge in [-0.05, 0) is 12.5 Å². The molecule has 0 saturated carbocycles. The van der Waals surface area contributed by atoms with E-state index in [4.69, 9.17) is 5.26 Å². The van der Waals surface area contributed by atoms with Gasteiger partial charge in [0.05, 0.1) is 18.1 Å². The van der Waals surface area contributed by atoms with Gasteiger partial charge in [0.15, 0.2) is 0 Å². The van der Waals surface area contributed by atoms with E-state index >= 15 is 0 Å². The maximum Gasteiger partial charge on any atom is 0.130 e. The van der Waals surface area contributed by atoms with Gasteiger partial charge in [0.1, 0.15) is 11.6 Å². The molecule has 0 bridgehead atoms. The van der Waals surface area contributed by atoms with Crippen molar-refractivity contribution in [2.45, 2.75) is 38.2 Å². The zero-order valence-corrected chi connectivity index (χ0v) is 9.66. The summed E-state index contributed by atoms with van der Waals surface area (Å²) in [7, 11) is 0. The van der Waals surface area contributed by atoms with Crippen molar-refractivity contribution in [2.75, 3.05) is 0 Å². The predicted molar refractivity (Wildman–Crippen MR) is 60.2 cm³/mol. The van der Waals surface area contributed by atoms with Crippen molar-refractivity contribution in [1.82, 2.24) is 0 Å². The molecule has 92 valence electrons. The molecule has 1 aromatic rings. The first-order valence-electron chi connectivity index (χ1n) is 5.62. The highest BCUT2D eigenvalue weighted by atomic mass is 19.1. The number of unbranched alkanes of at least 4 members (excludes halogenated alkanes) is 1. The first-order valence-corrected chi connectivity index (χ1v) is 5.62. The molecule has 0 amide bonds. The van der Waals surface area contributed by atoms with Crippen LogP contribution in [0.2, 0.25) is 0 Å². The molecule has 1 aromatic carbocycles. The number of nitriles is 1. The van der Waals surface area contributed by atoms with Crippen LogP contribution in [-0.4, -0.2) is 11.2 Å². The number of hydrogen-bond acceptors (Lipinski definition) is 2. The van der Waals surface area contributed by atoms with Gasteiger partial charge >= 0.3 is 0 Å². The molecule has 0 radical (unpaired) electrons. The average molecular weight is 239 g/mol. The van der Waals surface area contributed by atoms with E-state index in [1.54, 1.807) is 0 Å². The van der Waals surface area contributed by atoms with Crippen molar-refractivity contribution >= 4 is 0 Å². The Bertz CT molecular complexity index is 414. The van der Waals surface area contributed by atoms with E-state index < -0.39 is 23.7 Å². The minimum absolute atomic E-state index is 0.0532. The molecular weight excluding hydrogens is 224 g/mol. The van der Waals surface area contributed by atoms with Crippen molar-refractivity contribution in [2.24, 2.45) is 0 Å². The summed E-state index contributed by atoms with van der Waals surface area (Å²) in [5.41, 5.74) is 0.0532. The molecule has 2 unspecified atom stereocenters. The smallest absolute Gasteiger partial charge is 0.130 e. The summed E-state index contributed by atoms with van der Waals surface area (Å²) in [4.78, 5) is 0. The summed E-state index contributed by atoms with van der Waals surface area (Å²) in [6.45, 7) is 1.96. The molecular formula is C13H15F2NO. The third kappa shape index (κ3) is 3.50. The molecule has 4 heteroatoms. The maximum absolute atomic E-state index is 13.5. The Kier molecular flexibility index (Phi) is 5.05. The van der Waals surface area contributed by atoms with Crippen LogP contribution in [-0.2, 0) is 0 Å². The summed E-state index contributed by atoms with van der Waals surface area (Å²) in [5, 5.41) is 18.8. The van der Waals surface area contributed by atoms with Crippen molar-refractivity contribution in [3.05, 3.63) is 35.4 Å². The maximum atomic E-state index is 13.5. The number of nitrogens with zero attached hydrogens (tertiary/aromatic N) is 1. The molecule has 17 heavy (non-hydrogen) atoms. The van der Waals surface area contributed by atoms with Crippen molar-refractivity contribution in [3.63, 3.8) is 0 Å². The SMILES string of the molecule is CCCCC(O)C(C#N)c1ccc(F)cc1F. The molecule has 0 heterocycles. The number of aliphatic hydroxyl groups excluding tert-OH is 1. The van der Waals surface area contributed by atoms with Crippen LogP contribution in [0.5, 0.6) is 0 Å². The fourth-order valence-electron chi connectivity index (χ4n) is 1.70. The van der Waals surface area contributed by atoms with E-state index in [1.807, 2.05) is 13.0 Å². The van der Waals surface area contributed by atoms with Crippen molar-refractivity contribution in [3.8, 4) is 6.07 Å². The van der Waals surface area contributed by atoms with Gasteiger partial charge < -0.3 is 5.11 Å². The quantitative estimate of drug-likeness (QED) is 0.857. The fourth-order valence-corrected chi connectivity index (χ4v) is 1.70. The Morgan fingerprint density at radius 3 is 2.65 bits per heavy atom. The molecule has 0 aliphatic carbocycles. The largest absolute Gasteiger partial charge is 0.391 e. The Labute approximate surface area is 99.5 Å². The summed E-state index contributed by atoms with van der Waals surface area (Å²) < 4.78 is 26.2. The fraction of sp³-hybridized carbons (Fsp3) is 0.462. The van der Waals surface area contributed by atoms with Crippen molar-refractivity contribution < 1.29 is 13.9 Å². The van der Waals surface area contributed by atoms with Crippen molar-refractivity contribution in [1.29, 1.82) is 5.26 Å². The molecule has 1 rings (SSSR count). The molecule has 1 N–H and O–H groups in total. The Balaban J connectivity index is 2.90. The lowest BCUT2D eigenvalue weighted by atomic mass is 9.91. The lowest BCUT2D eigenvalue weighted by Gasteiger charge is -2.17. The van der Waals surface area contributed by atoms with Gasteiger partial charge in [-0.2, -0.15) is 5.26 Å². The average Bonchev–Trinajstić information content (AvgIpc) is 2.30. The predicted octanol–water partition coefficient (Wildman–Crippen LogP) is 3.12. The van der Waals surface area contributed by atoms with Crippen LogP contribution in [0.25, 0.3) is 0 Å². The summed E-state index contributed by atoms with van der Waals surface area (Å²) >= 11 is 0. The second-order valence-electron chi connectivity index (χ2n) is 3.98. The van der Waals surface area contributed by atoms with Crippen LogP contribution in [0.4, 0.5) is 8.78 Å². The van der Waals surface area contributed by atoms with Crippen LogP contribution in [0.1, 0.15) is 37.7 Å². The summed E-state index contributed by atoms with van der Waals surface area (Å²) in [6.07, 6.45) is 1.18. The van der Waals surface area contributed by atoms with E-state index in [9.17, 15) is 13.9 Å². The zero-order chi connectivity index (χ0) is 12.8.